The number of hydrogen-bond donors (Lipinski definition) is 4. The fourth-order valence-corrected chi connectivity index (χ4v) is 1.44. The molecule has 1 amide bonds. The average Bonchev–Trinajstić information content (AvgIpc) is 2.36. The van der Waals surface area contributed by atoms with E-state index in [0.717, 1.165) is 12.1 Å². The SMILES string of the molecule is CCC(CO)(CO)NC(=O)c1ccc(O)cc1F. The third kappa shape index (κ3) is 2.96. The van der Waals surface area contributed by atoms with Crippen molar-refractivity contribution < 1.29 is 24.5 Å². The Morgan fingerprint density at radius 1 is 1.39 bits per heavy atom. The predicted molar refractivity (Wildman–Crippen MR) is 62.7 cm³/mol. The third-order valence-electron chi connectivity index (χ3n) is 2.86. The van der Waals surface area contributed by atoms with Crippen molar-refractivity contribution in [3.63, 3.8) is 0 Å². The molecule has 5 nitrogen and oxygen atoms in total. The number of benzene rings is 1. The molecule has 0 spiro atoms. The number of nitrogens with one attached hydrogen (secondary N) is 1. The van der Waals surface area contributed by atoms with E-state index in [2.05, 4.69) is 5.32 Å². The molecule has 0 aliphatic rings. The van der Waals surface area contributed by atoms with Crippen LogP contribution in [0.3, 0.4) is 0 Å². The van der Waals surface area contributed by atoms with E-state index in [1.54, 1.807) is 6.92 Å². The molecular weight excluding hydrogens is 241 g/mol. The summed E-state index contributed by atoms with van der Waals surface area (Å²) in [5, 5.41) is 29.8. The van der Waals surface area contributed by atoms with Gasteiger partial charge in [0.25, 0.3) is 5.91 Å². The van der Waals surface area contributed by atoms with Gasteiger partial charge in [0, 0.05) is 6.07 Å². The normalized spacial score (nSPS) is 11.3. The number of phenolic OH excluding ortho intramolecular Hbond substituents is 1. The predicted octanol–water partition coefficient (Wildman–Crippen LogP) is 0.395. The zero-order chi connectivity index (χ0) is 13.8. The summed E-state index contributed by atoms with van der Waals surface area (Å²) in [4.78, 5) is 11.8. The highest BCUT2D eigenvalue weighted by Crippen LogP contribution is 2.16. The van der Waals surface area contributed by atoms with Gasteiger partial charge in [-0.15, -0.1) is 0 Å². The van der Waals surface area contributed by atoms with Crippen LogP contribution in [0.1, 0.15) is 23.7 Å². The van der Waals surface area contributed by atoms with Crippen LogP contribution < -0.4 is 5.32 Å². The Hall–Kier alpha value is -1.66. The van der Waals surface area contributed by atoms with Crippen LogP contribution in [0.4, 0.5) is 4.39 Å². The molecule has 1 aromatic rings. The summed E-state index contributed by atoms with van der Waals surface area (Å²) in [6.45, 7) is 0.775. The minimum absolute atomic E-state index is 0.257. The van der Waals surface area contributed by atoms with E-state index in [1.165, 1.54) is 6.07 Å². The monoisotopic (exact) mass is 257 g/mol. The number of halogens is 1. The second kappa shape index (κ2) is 5.79. The Morgan fingerprint density at radius 2 is 2.00 bits per heavy atom. The van der Waals surface area contributed by atoms with Crippen LogP contribution >= 0.6 is 0 Å². The van der Waals surface area contributed by atoms with Crippen molar-refractivity contribution in [2.75, 3.05) is 13.2 Å². The molecule has 1 aromatic carbocycles. The van der Waals surface area contributed by atoms with Crippen molar-refractivity contribution in [1.82, 2.24) is 5.32 Å². The van der Waals surface area contributed by atoms with E-state index in [9.17, 15) is 19.4 Å². The van der Waals surface area contributed by atoms with Crippen molar-refractivity contribution in [1.29, 1.82) is 0 Å². The highest BCUT2D eigenvalue weighted by atomic mass is 19.1. The minimum Gasteiger partial charge on any atom is -0.508 e. The molecule has 6 heteroatoms. The van der Waals surface area contributed by atoms with Gasteiger partial charge in [0.2, 0.25) is 0 Å². The molecule has 0 radical (unpaired) electrons. The molecule has 0 aromatic heterocycles. The van der Waals surface area contributed by atoms with Crippen LogP contribution in [-0.4, -0.2) is 40.0 Å². The molecule has 4 N–H and O–H groups in total. The highest BCUT2D eigenvalue weighted by Gasteiger charge is 2.29. The average molecular weight is 257 g/mol. The maximum atomic E-state index is 13.4. The van der Waals surface area contributed by atoms with Gasteiger partial charge in [-0.3, -0.25) is 4.79 Å². The molecule has 100 valence electrons. The van der Waals surface area contributed by atoms with E-state index in [1.807, 2.05) is 0 Å². The number of aromatic hydroxyl groups is 1. The first-order chi connectivity index (χ1) is 8.48. The number of aliphatic hydroxyl groups is 2. The zero-order valence-corrected chi connectivity index (χ0v) is 9.98. The maximum Gasteiger partial charge on any atom is 0.254 e. The summed E-state index contributed by atoms with van der Waals surface area (Å²) in [7, 11) is 0. The number of hydrogen-bond acceptors (Lipinski definition) is 4. The molecule has 0 aliphatic heterocycles. The Labute approximate surface area is 104 Å². The zero-order valence-electron chi connectivity index (χ0n) is 9.98. The smallest absolute Gasteiger partial charge is 0.254 e. The van der Waals surface area contributed by atoms with Gasteiger partial charge in [0.15, 0.2) is 0 Å². The summed E-state index contributed by atoms with van der Waals surface area (Å²) in [6.07, 6.45) is 0.297. The molecule has 0 unspecified atom stereocenters. The summed E-state index contributed by atoms with van der Waals surface area (Å²) in [5.41, 5.74) is -1.44. The van der Waals surface area contributed by atoms with Crippen molar-refractivity contribution in [2.24, 2.45) is 0 Å². The van der Waals surface area contributed by atoms with E-state index in [0.29, 0.717) is 6.42 Å². The van der Waals surface area contributed by atoms with E-state index < -0.39 is 30.5 Å². The number of amides is 1. The summed E-state index contributed by atoms with van der Waals surface area (Å²) < 4.78 is 13.4. The van der Waals surface area contributed by atoms with Gasteiger partial charge in [0.05, 0.1) is 24.3 Å². The standard InChI is InChI=1S/C12H16FNO4/c1-2-12(6-15,7-16)14-11(18)9-4-3-8(17)5-10(9)13/h3-5,15-17H,2,6-7H2,1H3,(H,14,18). The largest absolute Gasteiger partial charge is 0.508 e. The van der Waals surface area contributed by atoms with Crippen LogP contribution in [0.15, 0.2) is 18.2 Å². The maximum absolute atomic E-state index is 13.4. The molecule has 0 heterocycles. The molecule has 0 saturated heterocycles. The van der Waals surface area contributed by atoms with Crippen LogP contribution in [0, 0.1) is 5.82 Å². The van der Waals surface area contributed by atoms with Crippen LogP contribution in [0.5, 0.6) is 5.75 Å². The lowest BCUT2D eigenvalue weighted by molar-refractivity contribution is 0.0650. The number of phenols is 1. The fraction of sp³-hybridized carbons (Fsp3) is 0.417. The lowest BCUT2D eigenvalue weighted by Gasteiger charge is -2.29. The van der Waals surface area contributed by atoms with Crippen molar-refractivity contribution >= 4 is 5.91 Å². The Morgan fingerprint density at radius 3 is 2.44 bits per heavy atom. The molecule has 0 saturated carbocycles. The minimum atomic E-state index is -1.18. The first-order valence-corrected chi connectivity index (χ1v) is 5.50. The van der Waals surface area contributed by atoms with E-state index in [-0.39, 0.29) is 11.3 Å². The van der Waals surface area contributed by atoms with Crippen molar-refractivity contribution in [2.45, 2.75) is 18.9 Å². The van der Waals surface area contributed by atoms with Crippen LogP contribution in [0.2, 0.25) is 0 Å². The molecule has 0 fully saturated rings. The number of aliphatic hydroxyl groups excluding tert-OH is 2. The second-order valence-electron chi connectivity index (χ2n) is 4.07. The van der Waals surface area contributed by atoms with Gasteiger partial charge in [-0.05, 0) is 18.6 Å². The topological polar surface area (TPSA) is 89.8 Å². The number of carbonyl (C=O) groups is 1. The highest BCUT2D eigenvalue weighted by molar-refractivity contribution is 5.95. The van der Waals surface area contributed by atoms with Gasteiger partial charge >= 0.3 is 0 Å². The molecule has 0 aliphatic carbocycles. The summed E-state index contributed by atoms with van der Waals surface area (Å²) >= 11 is 0. The second-order valence-corrected chi connectivity index (χ2v) is 4.07. The fourth-order valence-electron chi connectivity index (χ4n) is 1.44. The van der Waals surface area contributed by atoms with Gasteiger partial charge in [-0.2, -0.15) is 0 Å². The quantitative estimate of drug-likeness (QED) is 0.614. The van der Waals surface area contributed by atoms with Gasteiger partial charge in [-0.25, -0.2) is 4.39 Å². The van der Waals surface area contributed by atoms with Gasteiger partial charge in [-0.1, -0.05) is 6.92 Å². The van der Waals surface area contributed by atoms with Crippen molar-refractivity contribution in [3.05, 3.63) is 29.6 Å². The summed E-state index contributed by atoms with van der Waals surface area (Å²) in [5.74, 6) is -1.90. The number of rotatable bonds is 5. The van der Waals surface area contributed by atoms with Gasteiger partial charge in [0.1, 0.15) is 11.6 Å². The lowest BCUT2D eigenvalue weighted by atomic mass is 9.97. The lowest BCUT2D eigenvalue weighted by Crippen LogP contribution is -2.53. The molecule has 1 rings (SSSR count). The summed E-state index contributed by atoms with van der Waals surface area (Å²) in [6, 6.07) is 3.14. The molecule has 18 heavy (non-hydrogen) atoms. The molecular formula is C12H16FNO4. The first-order valence-electron chi connectivity index (χ1n) is 5.50. The first kappa shape index (κ1) is 14.4. The molecule has 0 bridgehead atoms. The third-order valence-corrected chi connectivity index (χ3v) is 2.86. The Bertz CT molecular complexity index is 424. The van der Waals surface area contributed by atoms with Crippen LogP contribution in [0.25, 0.3) is 0 Å². The van der Waals surface area contributed by atoms with Crippen molar-refractivity contribution in [3.8, 4) is 5.75 Å². The van der Waals surface area contributed by atoms with E-state index >= 15 is 0 Å². The number of carbonyl (C=O) groups excluding carboxylic acids is 1. The molecule has 0 atom stereocenters. The Balaban J connectivity index is 2.94. The van der Waals surface area contributed by atoms with E-state index in [4.69, 9.17) is 5.11 Å². The Kier molecular flexibility index (Phi) is 4.63. The van der Waals surface area contributed by atoms with Gasteiger partial charge < -0.3 is 20.6 Å². The van der Waals surface area contributed by atoms with Crippen LogP contribution in [-0.2, 0) is 0 Å².